The number of aliphatic hydroxyl groups excluding tert-OH is 3. The van der Waals surface area contributed by atoms with E-state index in [0.717, 1.165) is 51.4 Å². The minimum Gasteiger partial charge on any atom is -0.462 e. The van der Waals surface area contributed by atoms with Gasteiger partial charge in [-0.05, 0) is 38.5 Å². The predicted molar refractivity (Wildman–Crippen MR) is 229 cm³/mol. The van der Waals surface area contributed by atoms with E-state index < -0.39 is 71.2 Å². The van der Waals surface area contributed by atoms with Crippen molar-refractivity contribution >= 4 is 22.1 Å². The lowest BCUT2D eigenvalue weighted by molar-refractivity contribution is -0.297. The second-order valence-corrected chi connectivity index (χ2v) is 17.9. The van der Waals surface area contributed by atoms with Crippen LogP contribution in [0.25, 0.3) is 0 Å². The highest BCUT2D eigenvalue weighted by atomic mass is 32.2. The number of carbonyl (C=O) groups is 2. The molecule has 0 bridgehead atoms. The molecule has 342 valence electrons. The number of carbonyl (C=O) groups excluding carboxylic acids is 2. The Balaban J connectivity index is 2.43. The van der Waals surface area contributed by atoms with Gasteiger partial charge < -0.3 is 34.3 Å². The third kappa shape index (κ3) is 30.4. The van der Waals surface area contributed by atoms with E-state index in [0.29, 0.717) is 12.8 Å². The third-order valence-corrected chi connectivity index (χ3v) is 11.6. The number of aliphatic hydroxyl groups is 3. The number of unbranched alkanes of at least 4 members (excludes halogenated alkanes) is 25. The summed E-state index contributed by atoms with van der Waals surface area (Å²) in [6.07, 6.45) is 28.2. The summed E-state index contributed by atoms with van der Waals surface area (Å²) in [4.78, 5) is 25.4. The van der Waals surface area contributed by atoms with E-state index in [-0.39, 0.29) is 19.4 Å². The summed E-state index contributed by atoms with van der Waals surface area (Å²) in [5.41, 5.74) is 0. The zero-order chi connectivity index (χ0) is 42.7. The Hall–Kier alpha value is -1.61. The normalized spacial score (nSPS) is 20.4. The van der Waals surface area contributed by atoms with Crippen LogP contribution in [-0.4, -0.2) is 96.0 Å². The van der Waals surface area contributed by atoms with E-state index in [1.54, 1.807) is 0 Å². The highest BCUT2D eigenvalue weighted by Crippen LogP contribution is 2.24. The van der Waals surface area contributed by atoms with Gasteiger partial charge in [-0.15, -0.1) is 0 Å². The SMILES string of the molecule is CCCCCCCC/C=C\CCCCCCCCCC(=O)OC(COC(=O)CCCCCCCCCCCCCCC)COC1OC(CS(=O)(=O)O)C(O)C(O)C1O. The molecule has 1 aliphatic rings. The van der Waals surface area contributed by atoms with Gasteiger partial charge in [0.15, 0.2) is 12.4 Å². The third-order valence-electron chi connectivity index (χ3n) is 10.8. The molecular weight excluding hydrogens is 765 g/mol. The van der Waals surface area contributed by atoms with Crippen molar-refractivity contribution in [1.29, 1.82) is 0 Å². The molecule has 0 aromatic heterocycles. The molecule has 0 aliphatic carbocycles. The van der Waals surface area contributed by atoms with Gasteiger partial charge in [0.25, 0.3) is 10.1 Å². The first kappa shape index (κ1) is 54.4. The fourth-order valence-electron chi connectivity index (χ4n) is 7.20. The molecule has 1 saturated heterocycles. The fraction of sp³-hybridized carbons (Fsp3) is 0.911. The Morgan fingerprint density at radius 3 is 1.43 bits per heavy atom. The Kier molecular flexibility index (Phi) is 33.8. The Morgan fingerprint density at radius 1 is 0.569 bits per heavy atom. The molecule has 1 rings (SSSR count). The summed E-state index contributed by atoms with van der Waals surface area (Å²) < 4.78 is 54.1. The van der Waals surface area contributed by atoms with Crippen molar-refractivity contribution in [2.45, 2.75) is 243 Å². The quantitative estimate of drug-likeness (QED) is 0.0199. The van der Waals surface area contributed by atoms with Crippen molar-refractivity contribution in [1.82, 2.24) is 0 Å². The lowest BCUT2D eigenvalue weighted by Gasteiger charge is -2.40. The molecule has 0 aromatic rings. The Labute approximate surface area is 352 Å². The predicted octanol–water partition coefficient (Wildman–Crippen LogP) is 9.45. The largest absolute Gasteiger partial charge is 0.462 e. The van der Waals surface area contributed by atoms with Crippen LogP contribution >= 0.6 is 0 Å². The van der Waals surface area contributed by atoms with E-state index in [2.05, 4.69) is 26.0 Å². The van der Waals surface area contributed by atoms with E-state index in [1.807, 2.05) is 0 Å². The highest BCUT2D eigenvalue weighted by molar-refractivity contribution is 7.85. The fourth-order valence-corrected chi connectivity index (χ4v) is 7.89. The van der Waals surface area contributed by atoms with Gasteiger partial charge >= 0.3 is 11.9 Å². The lowest BCUT2D eigenvalue weighted by atomic mass is 10.00. The van der Waals surface area contributed by atoms with Crippen LogP contribution in [0.2, 0.25) is 0 Å². The van der Waals surface area contributed by atoms with Crippen LogP contribution in [0, 0.1) is 0 Å². The molecule has 0 aromatic carbocycles. The molecule has 13 heteroatoms. The van der Waals surface area contributed by atoms with Crippen LogP contribution in [0.5, 0.6) is 0 Å². The molecule has 0 saturated carbocycles. The van der Waals surface area contributed by atoms with Gasteiger partial charge in [-0.3, -0.25) is 14.1 Å². The van der Waals surface area contributed by atoms with Gasteiger partial charge in [0.1, 0.15) is 36.8 Å². The van der Waals surface area contributed by atoms with Crippen molar-refractivity contribution in [3.63, 3.8) is 0 Å². The molecule has 58 heavy (non-hydrogen) atoms. The second-order valence-electron chi connectivity index (χ2n) is 16.4. The van der Waals surface area contributed by atoms with Crippen LogP contribution in [0.1, 0.15) is 206 Å². The van der Waals surface area contributed by atoms with E-state index in [4.69, 9.17) is 18.9 Å². The molecule has 1 heterocycles. The molecule has 1 fully saturated rings. The summed E-state index contributed by atoms with van der Waals surface area (Å²) >= 11 is 0. The standard InChI is InChI=1S/C45H84O12S/c1-3-5-7-9-11-13-15-17-18-19-20-22-24-26-28-30-32-34-41(47)56-38(36-55-45-44(50)43(49)42(48)39(57-45)37-58(51,52)53)35-54-40(46)33-31-29-27-25-23-21-16-14-12-10-8-6-4-2/h17-18,38-39,42-45,48-50H,3-16,19-37H2,1-2H3,(H,51,52,53)/b18-17-. The number of hydrogen-bond acceptors (Lipinski definition) is 11. The molecule has 1 aliphatic heterocycles. The molecule has 12 nitrogen and oxygen atoms in total. The molecule has 0 spiro atoms. The zero-order valence-corrected chi connectivity index (χ0v) is 37.2. The van der Waals surface area contributed by atoms with Crippen molar-refractivity contribution in [2.24, 2.45) is 0 Å². The maximum Gasteiger partial charge on any atom is 0.306 e. The summed E-state index contributed by atoms with van der Waals surface area (Å²) in [7, 11) is -4.60. The molecule has 6 unspecified atom stereocenters. The first-order chi connectivity index (χ1) is 28.0. The van der Waals surface area contributed by atoms with Crippen LogP contribution in [-0.2, 0) is 38.7 Å². The maximum absolute atomic E-state index is 12.8. The summed E-state index contributed by atoms with van der Waals surface area (Å²) in [5, 5.41) is 30.9. The number of rotatable bonds is 39. The molecule has 6 atom stereocenters. The Morgan fingerprint density at radius 2 is 0.983 bits per heavy atom. The molecular formula is C45H84O12S. The average Bonchev–Trinajstić information content (AvgIpc) is 3.18. The molecule has 0 amide bonds. The van der Waals surface area contributed by atoms with Crippen LogP contribution in [0.3, 0.4) is 0 Å². The number of ether oxygens (including phenoxy) is 4. The van der Waals surface area contributed by atoms with Crippen molar-refractivity contribution in [2.75, 3.05) is 19.0 Å². The topological polar surface area (TPSA) is 186 Å². The highest BCUT2D eigenvalue weighted by Gasteiger charge is 2.46. The van der Waals surface area contributed by atoms with E-state index in [1.165, 1.54) is 116 Å². The van der Waals surface area contributed by atoms with Crippen molar-refractivity contribution < 1.29 is 56.8 Å². The average molecular weight is 849 g/mol. The minimum atomic E-state index is -4.60. The van der Waals surface area contributed by atoms with E-state index >= 15 is 0 Å². The smallest absolute Gasteiger partial charge is 0.306 e. The van der Waals surface area contributed by atoms with Crippen molar-refractivity contribution in [3.8, 4) is 0 Å². The summed E-state index contributed by atoms with van der Waals surface area (Å²) in [6, 6.07) is 0. The van der Waals surface area contributed by atoms with Gasteiger partial charge in [-0.25, -0.2) is 0 Å². The van der Waals surface area contributed by atoms with Gasteiger partial charge in [0.05, 0.1) is 6.61 Å². The Bertz CT molecular complexity index is 1130. The van der Waals surface area contributed by atoms with Crippen LogP contribution in [0.15, 0.2) is 12.2 Å². The summed E-state index contributed by atoms with van der Waals surface area (Å²) in [5.74, 6) is -1.98. The van der Waals surface area contributed by atoms with Crippen molar-refractivity contribution in [3.05, 3.63) is 12.2 Å². The van der Waals surface area contributed by atoms with Gasteiger partial charge in [-0.1, -0.05) is 167 Å². The minimum absolute atomic E-state index is 0.163. The van der Waals surface area contributed by atoms with Gasteiger partial charge in [0, 0.05) is 12.8 Å². The maximum atomic E-state index is 12.8. The van der Waals surface area contributed by atoms with Crippen LogP contribution < -0.4 is 0 Å². The number of allylic oxidation sites excluding steroid dienone is 2. The lowest BCUT2D eigenvalue weighted by Crippen LogP contribution is -2.60. The first-order valence-electron chi connectivity index (χ1n) is 23.2. The number of esters is 2. The second kappa shape index (κ2) is 36.1. The van der Waals surface area contributed by atoms with Crippen LogP contribution in [0.4, 0.5) is 0 Å². The molecule has 4 N–H and O–H groups in total. The first-order valence-corrected chi connectivity index (χ1v) is 24.9. The number of hydrogen-bond donors (Lipinski definition) is 4. The van der Waals surface area contributed by atoms with Gasteiger partial charge in [-0.2, -0.15) is 8.42 Å². The monoisotopic (exact) mass is 849 g/mol. The van der Waals surface area contributed by atoms with E-state index in [9.17, 15) is 37.9 Å². The summed E-state index contributed by atoms with van der Waals surface area (Å²) in [6.45, 7) is 3.76. The zero-order valence-electron chi connectivity index (χ0n) is 36.4. The molecule has 0 radical (unpaired) electrons. The van der Waals surface area contributed by atoms with Gasteiger partial charge in [0.2, 0.25) is 0 Å².